The fourth-order valence-corrected chi connectivity index (χ4v) is 2.60. The van der Waals surface area contributed by atoms with Crippen LogP contribution in [0.2, 0.25) is 0 Å². The zero-order chi connectivity index (χ0) is 18.2. The molecule has 0 spiro atoms. The Morgan fingerprint density at radius 3 is 1.73 bits per heavy atom. The minimum Gasteiger partial charge on any atom is -0.238 e. The first kappa shape index (κ1) is 17.0. The molecular weight excluding hydrogens is 316 g/mol. The highest BCUT2D eigenvalue weighted by atomic mass is 14.7. The highest BCUT2D eigenvalue weighted by Crippen LogP contribution is 2.23. The highest BCUT2D eigenvalue weighted by molar-refractivity contribution is 5.91. The van der Waals surface area contributed by atoms with Crippen LogP contribution in [0.25, 0.3) is 28.3 Å². The van der Waals surface area contributed by atoms with Gasteiger partial charge in [-0.2, -0.15) is 5.26 Å². The first-order chi connectivity index (χ1) is 12.8. The van der Waals surface area contributed by atoms with Crippen molar-refractivity contribution in [2.24, 2.45) is 0 Å². The van der Waals surface area contributed by atoms with Crippen LogP contribution >= 0.6 is 0 Å². The summed E-state index contributed by atoms with van der Waals surface area (Å²) in [4.78, 5) is 3.65. The number of hydrogen-bond donors (Lipinski definition) is 0. The molecule has 2 heteroatoms. The Labute approximate surface area is 153 Å². The molecule has 0 aromatic heterocycles. The molecular formula is C24H16N2. The number of rotatable bonds is 4. The predicted molar refractivity (Wildman–Crippen MR) is 107 cm³/mol. The second-order valence-electron chi connectivity index (χ2n) is 5.71. The van der Waals surface area contributed by atoms with E-state index in [-0.39, 0.29) is 0 Å². The van der Waals surface area contributed by atoms with Crippen LogP contribution < -0.4 is 0 Å². The molecule has 122 valence electrons. The van der Waals surface area contributed by atoms with E-state index >= 15 is 0 Å². The van der Waals surface area contributed by atoms with Crippen molar-refractivity contribution in [1.82, 2.24) is 0 Å². The third-order valence-corrected chi connectivity index (χ3v) is 3.95. The van der Waals surface area contributed by atoms with E-state index in [2.05, 4.69) is 10.9 Å². The Morgan fingerprint density at radius 1 is 0.731 bits per heavy atom. The van der Waals surface area contributed by atoms with Crippen LogP contribution in [0.5, 0.6) is 0 Å². The molecule has 0 saturated carbocycles. The normalized spacial score (nSPS) is 11.5. The summed E-state index contributed by atoms with van der Waals surface area (Å²) in [5.74, 6) is 0. The van der Waals surface area contributed by atoms with Crippen molar-refractivity contribution in [3.8, 4) is 6.07 Å². The van der Waals surface area contributed by atoms with Gasteiger partial charge in [-0.05, 0) is 34.4 Å². The zero-order valence-corrected chi connectivity index (χ0v) is 14.1. The van der Waals surface area contributed by atoms with Crippen molar-refractivity contribution in [1.29, 1.82) is 5.26 Å². The van der Waals surface area contributed by atoms with Crippen molar-refractivity contribution in [2.45, 2.75) is 0 Å². The minimum atomic E-state index is 0.577. The van der Waals surface area contributed by atoms with E-state index < -0.39 is 0 Å². The van der Waals surface area contributed by atoms with E-state index in [0.717, 1.165) is 22.3 Å². The van der Waals surface area contributed by atoms with E-state index in [9.17, 15) is 5.26 Å². The van der Waals surface area contributed by atoms with Crippen molar-refractivity contribution < 1.29 is 0 Å². The average Bonchev–Trinajstić information content (AvgIpc) is 2.72. The van der Waals surface area contributed by atoms with Crippen LogP contribution in [0.4, 0.5) is 0 Å². The van der Waals surface area contributed by atoms with Crippen LogP contribution in [0.15, 0.2) is 84.9 Å². The van der Waals surface area contributed by atoms with Gasteiger partial charge in [-0.3, -0.25) is 0 Å². The maximum atomic E-state index is 9.48. The molecule has 0 N–H and O–H groups in total. The highest BCUT2D eigenvalue weighted by Gasteiger charge is 2.05. The van der Waals surface area contributed by atoms with Crippen molar-refractivity contribution in [3.63, 3.8) is 0 Å². The summed E-state index contributed by atoms with van der Waals surface area (Å²) in [7, 11) is 0. The molecule has 0 aliphatic carbocycles. The van der Waals surface area contributed by atoms with E-state index in [4.69, 9.17) is 6.57 Å². The molecule has 0 fully saturated rings. The van der Waals surface area contributed by atoms with Gasteiger partial charge < -0.3 is 0 Å². The minimum absolute atomic E-state index is 0.577. The second-order valence-corrected chi connectivity index (χ2v) is 5.71. The van der Waals surface area contributed by atoms with Gasteiger partial charge in [0.2, 0.25) is 0 Å². The quantitative estimate of drug-likeness (QED) is 0.319. The van der Waals surface area contributed by atoms with Gasteiger partial charge in [0.1, 0.15) is 0 Å². The van der Waals surface area contributed by atoms with Gasteiger partial charge >= 0.3 is 0 Å². The Kier molecular flexibility index (Phi) is 5.41. The lowest BCUT2D eigenvalue weighted by atomic mass is 10.0. The summed E-state index contributed by atoms with van der Waals surface area (Å²) < 4.78 is 0. The number of nitriles is 1. The van der Waals surface area contributed by atoms with Crippen molar-refractivity contribution in [3.05, 3.63) is 119 Å². The van der Waals surface area contributed by atoms with Gasteiger partial charge in [-0.1, -0.05) is 84.9 Å². The van der Waals surface area contributed by atoms with Gasteiger partial charge in [-0.25, -0.2) is 4.85 Å². The summed E-state index contributed by atoms with van der Waals surface area (Å²) in [6.07, 6.45) is 3.73. The number of benzene rings is 3. The summed E-state index contributed by atoms with van der Waals surface area (Å²) in [6, 6.07) is 29.4. The van der Waals surface area contributed by atoms with E-state index in [1.807, 2.05) is 97.1 Å². The monoisotopic (exact) mass is 332 g/mol. The molecule has 3 aromatic carbocycles. The van der Waals surface area contributed by atoms with Crippen LogP contribution in [0.3, 0.4) is 0 Å². The summed E-state index contributed by atoms with van der Waals surface area (Å²) >= 11 is 0. The van der Waals surface area contributed by atoms with E-state index in [0.29, 0.717) is 11.3 Å². The van der Waals surface area contributed by atoms with Gasteiger partial charge in [-0.15, -0.1) is 0 Å². The molecule has 26 heavy (non-hydrogen) atoms. The first-order valence-corrected chi connectivity index (χ1v) is 8.22. The SMILES string of the molecule is [C-]#[N+]/C(=C\c1ccccc1)c1ccc(/C(C#N)=C/c2ccccc2)cc1. The number of allylic oxidation sites excluding steroid dienone is 1. The van der Waals surface area contributed by atoms with Gasteiger partial charge in [0, 0.05) is 0 Å². The Balaban J connectivity index is 1.90. The van der Waals surface area contributed by atoms with Crippen molar-refractivity contribution >= 4 is 23.4 Å². The fraction of sp³-hybridized carbons (Fsp3) is 0. The summed E-state index contributed by atoms with van der Waals surface area (Å²) in [5, 5.41) is 9.48. The van der Waals surface area contributed by atoms with Crippen LogP contribution in [-0.4, -0.2) is 0 Å². The van der Waals surface area contributed by atoms with Gasteiger partial charge in [0.25, 0.3) is 0 Å². The van der Waals surface area contributed by atoms with Crippen LogP contribution in [-0.2, 0) is 0 Å². The summed E-state index contributed by atoms with van der Waals surface area (Å²) in [6.45, 7) is 7.46. The molecule has 0 heterocycles. The molecule has 0 bridgehead atoms. The molecule has 3 rings (SSSR count). The third-order valence-electron chi connectivity index (χ3n) is 3.95. The van der Waals surface area contributed by atoms with Gasteiger partial charge in [0.05, 0.1) is 18.2 Å². The lowest BCUT2D eigenvalue weighted by Gasteiger charge is -2.04. The average molecular weight is 332 g/mol. The maximum Gasteiger partial charge on any atom is 0.194 e. The molecule has 0 unspecified atom stereocenters. The third kappa shape index (κ3) is 4.15. The lowest BCUT2D eigenvalue weighted by molar-refractivity contribution is 1.51. The fourth-order valence-electron chi connectivity index (χ4n) is 2.60. The molecule has 0 aliphatic heterocycles. The summed E-state index contributed by atoms with van der Waals surface area (Å²) in [5.41, 5.74) is 4.82. The molecule has 0 aliphatic rings. The molecule has 0 radical (unpaired) electrons. The molecule has 0 amide bonds. The standard InChI is InChI=1S/C24H16N2/c1-26-24(17-20-10-6-3-7-11-20)22-14-12-21(13-15-22)23(18-25)16-19-8-4-2-5-9-19/h2-17H/b23-16+,24-17-. The second kappa shape index (κ2) is 8.29. The predicted octanol–water partition coefficient (Wildman–Crippen LogP) is 6.17. The molecule has 2 nitrogen and oxygen atoms in total. The molecule has 0 atom stereocenters. The number of nitrogens with zero attached hydrogens (tertiary/aromatic N) is 2. The van der Waals surface area contributed by atoms with Crippen molar-refractivity contribution in [2.75, 3.05) is 0 Å². The Hall–Kier alpha value is -3.88. The smallest absolute Gasteiger partial charge is 0.194 e. The molecule has 3 aromatic rings. The first-order valence-electron chi connectivity index (χ1n) is 8.22. The van der Waals surface area contributed by atoms with Crippen LogP contribution in [0.1, 0.15) is 22.3 Å². The number of hydrogen-bond acceptors (Lipinski definition) is 1. The Bertz CT molecular complexity index is 927. The largest absolute Gasteiger partial charge is 0.238 e. The van der Waals surface area contributed by atoms with E-state index in [1.54, 1.807) is 0 Å². The zero-order valence-electron chi connectivity index (χ0n) is 14.1. The molecule has 0 saturated heterocycles. The van der Waals surface area contributed by atoms with Crippen LogP contribution in [0, 0.1) is 17.9 Å². The lowest BCUT2D eigenvalue weighted by Crippen LogP contribution is -1.85. The topological polar surface area (TPSA) is 28.1 Å². The maximum absolute atomic E-state index is 9.48. The van der Waals surface area contributed by atoms with Gasteiger partial charge in [0.15, 0.2) is 5.70 Å². The van der Waals surface area contributed by atoms with E-state index in [1.165, 1.54) is 0 Å². The Morgan fingerprint density at radius 2 is 1.23 bits per heavy atom.